The van der Waals surface area contributed by atoms with E-state index < -0.39 is 6.10 Å². The van der Waals surface area contributed by atoms with Gasteiger partial charge in [0.25, 0.3) is 5.91 Å². The van der Waals surface area contributed by atoms with Gasteiger partial charge in [0, 0.05) is 5.02 Å². The lowest BCUT2D eigenvalue weighted by atomic mass is 10.0. The summed E-state index contributed by atoms with van der Waals surface area (Å²) in [7, 11) is 0. The van der Waals surface area contributed by atoms with Crippen LogP contribution < -0.4 is 10.1 Å². The second-order valence-corrected chi connectivity index (χ2v) is 6.23. The summed E-state index contributed by atoms with van der Waals surface area (Å²) in [6.07, 6.45) is 1.08. The highest BCUT2D eigenvalue weighted by Gasteiger charge is 2.20. The standard InChI is InChI=1S/C20H24ClNO2/c1-4-15-6-8-16(9-7-15)14(3)22-20(23)19(5-2)24-18-12-10-17(21)11-13-18/h6-14,19H,4-5H2,1-3H3,(H,22,23)/t14-,19+/m0/s1. The zero-order valence-electron chi connectivity index (χ0n) is 14.4. The van der Waals surface area contributed by atoms with Crippen LogP contribution in [-0.4, -0.2) is 12.0 Å². The van der Waals surface area contributed by atoms with Crippen molar-refractivity contribution in [2.75, 3.05) is 0 Å². The van der Waals surface area contributed by atoms with E-state index in [0.717, 1.165) is 12.0 Å². The lowest BCUT2D eigenvalue weighted by Crippen LogP contribution is -2.39. The summed E-state index contributed by atoms with van der Waals surface area (Å²) < 4.78 is 5.78. The van der Waals surface area contributed by atoms with E-state index in [1.54, 1.807) is 24.3 Å². The number of amides is 1. The molecule has 0 radical (unpaired) electrons. The van der Waals surface area contributed by atoms with Crippen LogP contribution in [0.3, 0.4) is 0 Å². The molecule has 2 aromatic carbocycles. The molecular formula is C20H24ClNO2. The smallest absolute Gasteiger partial charge is 0.261 e. The van der Waals surface area contributed by atoms with Gasteiger partial charge in [0.1, 0.15) is 5.75 Å². The van der Waals surface area contributed by atoms with Crippen molar-refractivity contribution in [3.8, 4) is 5.75 Å². The highest BCUT2D eigenvalue weighted by Crippen LogP contribution is 2.19. The van der Waals surface area contributed by atoms with Gasteiger partial charge in [-0.15, -0.1) is 0 Å². The quantitative estimate of drug-likeness (QED) is 0.772. The monoisotopic (exact) mass is 345 g/mol. The lowest BCUT2D eigenvalue weighted by molar-refractivity contribution is -0.128. The van der Waals surface area contributed by atoms with Gasteiger partial charge < -0.3 is 10.1 Å². The van der Waals surface area contributed by atoms with Gasteiger partial charge in [-0.05, 0) is 55.2 Å². The fourth-order valence-electron chi connectivity index (χ4n) is 2.43. The molecule has 0 saturated heterocycles. The van der Waals surface area contributed by atoms with E-state index in [0.29, 0.717) is 17.2 Å². The molecule has 0 saturated carbocycles. The molecule has 2 aromatic rings. The summed E-state index contributed by atoms with van der Waals surface area (Å²) in [5.41, 5.74) is 2.37. The summed E-state index contributed by atoms with van der Waals surface area (Å²) in [6.45, 7) is 6.04. The molecule has 1 N–H and O–H groups in total. The third-order valence-corrected chi connectivity index (χ3v) is 4.25. The minimum atomic E-state index is -0.524. The van der Waals surface area contributed by atoms with Crippen LogP contribution in [-0.2, 0) is 11.2 Å². The van der Waals surface area contributed by atoms with Gasteiger partial charge in [-0.25, -0.2) is 0 Å². The molecule has 0 aliphatic rings. The van der Waals surface area contributed by atoms with Crippen LogP contribution in [0.5, 0.6) is 5.75 Å². The Labute approximate surface area is 149 Å². The maximum absolute atomic E-state index is 12.5. The van der Waals surface area contributed by atoms with Crippen LogP contribution in [0.1, 0.15) is 44.4 Å². The minimum Gasteiger partial charge on any atom is -0.481 e. The molecule has 24 heavy (non-hydrogen) atoms. The Kier molecular flexibility index (Phi) is 6.68. The second kappa shape index (κ2) is 8.74. The maximum atomic E-state index is 12.5. The van der Waals surface area contributed by atoms with Gasteiger partial charge >= 0.3 is 0 Å². The third kappa shape index (κ3) is 5.00. The first kappa shape index (κ1) is 18.3. The van der Waals surface area contributed by atoms with E-state index in [9.17, 15) is 4.79 Å². The largest absolute Gasteiger partial charge is 0.481 e. The molecule has 2 atom stereocenters. The van der Waals surface area contributed by atoms with Crippen molar-refractivity contribution in [3.63, 3.8) is 0 Å². The van der Waals surface area contributed by atoms with Crippen molar-refractivity contribution in [2.24, 2.45) is 0 Å². The predicted molar refractivity (Wildman–Crippen MR) is 98.5 cm³/mol. The molecule has 0 aliphatic heterocycles. The molecule has 0 fully saturated rings. The molecule has 1 amide bonds. The zero-order valence-corrected chi connectivity index (χ0v) is 15.1. The SMILES string of the molecule is CCc1ccc([C@H](C)NC(=O)[C@@H](CC)Oc2ccc(Cl)cc2)cc1. The van der Waals surface area contributed by atoms with Crippen LogP contribution in [0.15, 0.2) is 48.5 Å². The van der Waals surface area contributed by atoms with Crippen molar-refractivity contribution >= 4 is 17.5 Å². The Morgan fingerprint density at radius 2 is 1.71 bits per heavy atom. The molecular weight excluding hydrogens is 322 g/mol. The fourth-order valence-corrected chi connectivity index (χ4v) is 2.56. The van der Waals surface area contributed by atoms with Crippen LogP contribution in [0.2, 0.25) is 5.02 Å². The van der Waals surface area contributed by atoms with E-state index in [1.165, 1.54) is 5.56 Å². The number of aryl methyl sites for hydroxylation is 1. The number of carbonyl (C=O) groups excluding carboxylic acids is 1. The van der Waals surface area contributed by atoms with Crippen molar-refractivity contribution in [1.82, 2.24) is 5.32 Å². The molecule has 0 bridgehead atoms. The molecule has 0 aliphatic carbocycles. The van der Waals surface area contributed by atoms with Gasteiger partial charge in [-0.1, -0.05) is 49.7 Å². The molecule has 4 heteroatoms. The first-order valence-electron chi connectivity index (χ1n) is 8.35. The van der Waals surface area contributed by atoms with E-state index >= 15 is 0 Å². The van der Waals surface area contributed by atoms with E-state index in [2.05, 4.69) is 36.5 Å². The Morgan fingerprint density at radius 1 is 1.08 bits per heavy atom. The highest BCUT2D eigenvalue weighted by atomic mass is 35.5. The fraction of sp³-hybridized carbons (Fsp3) is 0.350. The maximum Gasteiger partial charge on any atom is 0.261 e. The Bertz CT molecular complexity index is 652. The highest BCUT2D eigenvalue weighted by molar-refractivity contribution is 6.30. The van der Waals surface area contributed by atoms with Gasteiger partial charge in [-0.2, -0.15) is 0 Å². The molecule has 0 heterocycles. The molecule has 0 unspecified atom stereocenters. The van der Waals surface area contributed by atoms with Crippen molar-refractivity contribution in [1.29, 1.82) is 0 Å². The van der Waals surface area contributed by atoms with Crippen molar-refractivity contribution in [3.05, 3.63) is 64.7 Å². The number of rotatable bonds is 7. The van der Waals surface area contributed by atoms with Gasteiger partial charge in [0.2, 0.25) is 0 Å². The van der Waals surface area contributed by atoms with Crippen LogP contribution in [0.25, 0.3) is 0 Å². The topological polar surface area (TPSA) is 38.3 Å². The van der Waals surface area contributed by atoms with Gasteiger partial charge in [0.15, 0.2) is 6.10 Å². The van der Waals surface area contributed by atoms with E-state index in [-0.39, 0.29) is 11.9 Å². The minimum absolute atomic E-state index is 0.0636. The zero-order chi connectivity index (χ0) is 17.5. The first-order valence-corrected chi connectivity index (χ1v) is 8.72. The van der Waals surface area contributed by atoms with Crippen molar-refractivity contribution in [2.45, 2.75) is 45.8 Å². The van der Waals surface area contributed by atoms with Gasteiger partial charge in [0.05, 0.1) is 6.04 Å². The van der Waals surface area contributed by atoms with Crippen LogP contribution in [0, 0.1) is 0 Å². The summed E-state index contributed by atoms with van der Waals surface area (Å²) >= 11 is 5.87. The molecule has 2 rings (SSSR count). The predicted octanol–water partition coefficient (Wildman–Crippen LogP) is 4.94. The number of ether oxygens (including phenoxy) is 1. The van der Waals surface area contributed by atoms with Crippen molar-refractivity contribution < 1.29 is 9.53 Å². The normalized spacial score (nSPS) is 13.2. The lowest BCUT2D eigenvalue weighted by Gasteiger charge is -2.21. The summed E-state index contributed by atoms with van der Waals surface area (Å²) in [4.78, 5) is 12.5. The average molecular weight is 346 g/mol. The summed E-state index contributed by atoms with van der Waals surface area (Å²) in [5.74, 6) is 0.529. The number of benzene rings is 2. The molecule has 128 valence electrons. The Balaban J connectivity index is 1.98. The number of nitrogens with one attached hydrogen (secondary N) is 1. The first-order chi connectivity index (χ1) is 11.5. The Morgan fingerprint density at radius 3 is 2.25 bits per heavy atom. The average Bonchev–Trinajstić information content (AvgIpc) is 2.61. The third-order valence-electron chi connectivity index (χ3n) is 4.00. The Hall–Kier alpha value is -2.00. The van der Waals surface area contributed by atoms with E-state index in [4.69, 9.17) is 16.3 Å². The van der Waals surface area contributed by atoms with Gasteiger partial charge in [-0.3, -0.25) is 4.79 Å². The number of carbonyl (C=O) groups is 1. The molecule has 0 spiro atoms. The number of hydrogen-bond acceptors (Lipinski definition) is 2. The van der Waals surface area contributed by atoms with Crippen LogP contribution in [0.4, 0.5) is 0 Å². The second-order valence-electron chi connectivity index (χ2n) is 5.79. The summed E-state index contributed by atoms with van der Waals surface area (Å²) in [5, 5.41) is 3.67. The number of hydrogen-bond donors (Lipinski definition) is 1. The van der Waals surface area contributed by atoms with Crippen LogP contribution >= 0.6 is 11.6 Å². The molecule has 0 aromatic heterocycles. The molecule has 3 nitrogen and oxygen atoms in total. The number of halogens is 1. The van der Waals surface area contributed by atoms with E-state index in [1.807, 2.05) is 13.8 Å². The summed E-state index contributed by atoms with van der Waals surface area (Å²) in [6, 6.07) is 15.3.